The summed E-state index contributed by atoms with van der Waals surface area (Å²) in [6.45, 7) is -1.47. The molecule has 0 fully saturated rings. The second kappa shape index (κ2) is 5.82. The first kappa shape index (κ1) is 16.4. The molecule has 2 unspecified atom stereocenters. The van der Waals surface area contributed by atoms with Gasteiger partial charge in [0, 0.05) is 0 Å². The van der Waals surface area contributed by atoms with Crippen LogP contribution in [0.5, 0.6) is 0 Å². The molecule has 0 aromatic rings. The van der Waals surface area contributed by atoms with E-state index in [1.807, 2.05) is 0 Å². The van der Waals surface area contributed by atoms with Gasteiger partial charge in [0.15, 0.2) is 0 Å². The molecule has 0 aliphatic heterocycles. The Morgan fingerprint density at radius 1 is 1.17 bits per heavy atom. The topological polar surface area (TPSA) is 186 Å². The van der Waals surface area contributed by atoms with Crippen LogP contribution in [0.4, 0.5) is 9.59 Å². The van der Waals surface area contributed by atoms with Gasteiger partial charge in [0.05, 0.1) is 6.61 Å². The van der Waals surface area contributed by atoms with Gasteiger partial charge < -0.3 is 41.4 Å². The van der Waals surface area contributed by atoms with Gasteiger partial charge in [-0.2, -0.15) is 0 Å². The molecule has 0 rings (SSSR count). The number of ether oxygens (including phenoxy) is 2. The Labute approximate surface area is 102 Å². The highest BCUT2D eigenvalue weighted by Crippen LogP contribution is 2.30. The molecule has 0 aliphatic rings. The van der Waals surface area contributed by atoms with Gasteiger partial charge in [0.2, 0.25) is 11.4 Å². The van der Waals surface area contributed by atoms with Crippen molar-refractivity contribution in [1.29, 1.82) is 0 Å². The second-order valence-corrected chi connectivity index (χ2v) is 3.52. The van der Waals surface area contributed by atoms with Crippen LogP contribution in [0.1, 0.15) is 6.92 Å². The van der Waals surface area contributed by atoms with Crippen molar-refractivity contribution in [2.75, 3.05) is 13.2 Å². The minimum atomic E-state index is -3.11. The first-order chi connectivity index (χ1) is 8.13. The van der Waals surface area contributed by atoms with Crippen molar-refractivity contribution in [3.05, 3.63) is 0 Å². The molecule has 0 aromatic heterocycles. The molecular formula is C8H16N2O8. The quantitative estimate of drug-likeness (QED) is 0.274. The lowest BCUT2D eigenvalue weighted by Gasteiger charge is -2.42. The monoisotopic (exact) mass is 268 g/mol. The van der Waals surface area contributed by atoms with Crippen LogP contribution >= 0.6 is 0 Å². The fourth-order valence-electron chi connectivity index (χ4n) is 1.36. The van der Waals surface area contributed by atoms with E-state index in [-0.39, 0.29) is 0 Å². The fourth-order valence-corrected chi connectivity index (χ4v) is 1.36. The van der Waals surface area contributed by atoms with Crippen molar-refractivity contribution in [1.82, 2.24) is 0 Å². The summed E-state index contributed by atoms with van der Waals surface area (Å²) < 4.78 is 8.81. The van der Waals surface area contributed by atoms with Gasteiger partial charge in [-0.3, -0.25) is 0 Å². The van der Waals surface area contributed by atoms with Crippen LogP contribution < -0.4 is 11.5 Å². The highest BCUT2D eigenvalue weighted by Gasteiger charge is 2.58. The average molecular weight is 268 g/mol. The summed E-state index contributed by atoms with van der Waals surface area (Å²) in [5, 5.41) is 37.1. The number of hydrogen-bond acceptors (Lipinski definition) is 8. The molecule has 0 saturated heterocycles. The standard InChI is InChI=1S/C8H16N2O8/c1-4(17-5(9)13)7(2-11,18-6(10)14)8(15,16)3-12/h4,11-12,15-16H,2-3H2,1H3,(H2,9,13)(H2,10,14). The van der Waals surface area contributed by atoms with E-state index in [2.05, 4.69) is 9.47 Å². The molecule has 0 bridgehead atoms. The normalized spacial score (nSPS) is 16.5. The van der Waals surface area contributed by atoms with Crippen LogP contribution in [0.3, 0.4) is 0 Å². The summed E-state index contributed by atoms with van der Waals surface area (Å²) in [5.41, 5.74) is 6.87. The van der Waals surface area contributed by atoms with Crippen molar-refractivity contribution in [3.8, 4) is 0 Å². The molecule has 106 valence electrons. The number of aliphatic hydroxyl groups is 4. The van der Waals surface area contributed by atoms with E-state index in [4.69, 9.17) is 16.6 Å². The summed E-state index contributed by atoms with van der Waals surface area (Å²) in [4.78, 5) is 21.3. The lowest BCUT2D eigenvalue weighted by atomic mass is 9.88. The van der Waals surface area contributed by atoms with Crippen LogP contribution in [0.2, 0.25) is 0 Å². The molecule has 10 heteroatoms. The molecule has 0 saturated carbocycles. The lowest BCUT2D eigenvalue weighted by Crippen LogP contribution is -2.68. The lowest BCUT2D eigenvalue weighted by molar-refractivity contribution is -0.316. The van der Waals surface area contributed by atoms with Crippen LogP contribution in [-0.4, -0.2) is 63.3 Å². The second-order valence-electron chi connectivity index (χ2n) is 3.52. The Hall–Kier alpha value is -1.62. The zero-order chi connectivity index (χ0) is 14.6. The van der Waals surface area contributed by atoms with Crippen LogP contribution in [0.25, 0.3) is 0 Å². The van der Waals surface area contributed by atoms with Crippen molar-refractivity contribution < 1.29 is 39.5 Å². The minimum Gasteiger partial charge on any atom is -0.442 e. The Balaban J connectivity index is 5.48. The minimum absolute atomic E-state index is 1.06. The highest BCUT2D eigenvalue weighted by molar-refractivity contribution is 5.66. The maximum atomic E-state index is 10.7. The zero-order valence-corrected chi connectivity index (χ0v) is 9.57. The first-order valence-electron chi connectivity index (χ1n) is 4.74. The fraction of sp³-hybridized carbons (Fsp3) is 0.750. The maximum absolute atomic E-state index is 10.7. The summed E-state index contributed by atoms with van der Waals surface area (Å²) in [5.74, 6) is -3.11. The third-order valence-electron chi connectivity index (χ3n) is 2.37. The number of aliphatic hydroxyl groups excluding tert-OH is 2. The van der Waals surface area contributed by atoms with Gasteiger partial charge in [-0.05, 0) is 6.92 Å². The number of amides is 2. The van der Waals surface area contributed by atoms with E-state index >= 15 is 0 Å². The Kier molecular flexibility index (Phi) is 5.29. The first-order valence-corrected chi connectivity index (χ1v) is 4.74. The predicted molar refractivity (Wildman–Crippen MR) is 54.9 cm³/mol. The SMILES string of the molecule is CC(OC(N)=O)C(CO)(OC(N)=O)C(O)(O)CO. The van der Waals surface area contributed by atoms with Crippen LogP contribution in [-0.2, 0) is 9.47 Å². The van der Waals surface area contributed by atoms with E-state index < -0.39 is 42.9 Å². The predicted octanol–water partition coefficient (Wildman–Crippen LogP) is -3.03. The summed E-state index contributed by atoms with van der Waals surface area (Å²) in [6.07, 6.45) is -4.39. The molecule has 10 nitrogen and oxygen atoms in total. The van der Waals surface area contributed by atoms with Crippen molar-refractivity contribution in [3.63, 3.8) is 0 Å². The van der Waals surface area contributed by atoms with E-state index in [0.717, 1.165) is 6.92 Å². The van der Waals surface area contributed by atoms with E-state index in [9.17, 15) is 24.9 Å². The summed E-state index contributed by atoms with van der Waals surface area (Å²) >= 11 is 0. The van der Waals surface area contributed by atoms with Gasteiger partial charge >= 0.3 is 12.2 Å². The number of rotatable bonds is 6. The molecule has 0 aliphatic carbocycles. The molecule has 8 N–H and O–H groups in total. The zero-order valence-electron chi connectivity index (χ0n) is 9.57. The van der Waals surface area contributed by atoms with E-state index in [1.54, 1.807) is 0 Å². The number of hydrogen-bond donors (Lipinski definition) is 6. The number of primary amides is 2. The van der Waals surface area contributed by atoms with Gasteiger partial charge in [0.1, 0.15) is 12.7 Å². The highest BCUT2D eigenvalue weighted by atomic mass is 16.6. The average Bonchev–Trinajstić information content (AvgIpc) is 2.24. The number of carbonyl (C=O) groups excluding carboxylic acids is 2. The van der Waals surface area contributed by atoms with Gasteiger partial charge in [-0.15, -0.1) is 0 Å². The van der Waals surface area contributed by atoms with Crippen molar-refractivity contribution >= 4 is 12.2 Å². The van der Waals surface area contributed by atoms with Gasteiger partial charge in [-0.25, -0.2) is 9.59 Å². The molecular weight excluding hydrogens is 252 g/mol. The summed E-state index contributed by atoms with van der Waals surface area (Å²) in [7, 11) is 0. The molecule has 0 spiro atoms. The molecule has 0 radical (unpaired) electrons. The molecule has 2 amide bonds. The summed E-state index contributed by atoms with van der Waals surface area (Å²) in [6, 6.07) is 0. The Morgan fingerprint density at radius 2 is 1.67 bits per heavy atom. The van der Waals surface area contributed by atoms with Crippen LogP contribution in [0, 0.1) is 0 Å². The van der Waals surface area contributed by atoms with Crippen LogP contribution in [0.15, 0.2) is 0 Å². The Bertz CT molecular complexity index is 320. The smallest absolute Gasteiger partial charge is 0.405 e. The number of nitrogens with two attached hydrogens (primary N) is 2. The van der Waals surface area contributed by atoms with Gasteiger partial charge in [0.25, 0.3) is 0 Å². The van der Waals surface area contributed by atoms with Gasteiger partial charge in [-0.1, -0.05) is 0 Å². The molecule has 0 heterocycles. The maximum Gasteiger partial charge on any atom is 0.405 e. The molecule has 18 heavy (non-hydrogen) atoms. The Morgan fingerprint density at radius 3 is 1.94 bits per heavy atom. The third-order valence-corrected chi connectivity index (χ3v) is 2.37. The van der Waals surface area contributed by atoms with Crippen molar-refractivity contribution in [2.45, 2.75) is 24.4 Å². The number of carbonyl (C=O) groups is 2. The van der Waals surface area contributed by atoms with Crippen molar-refractivity contribution in [2.24, 2.45) is 11.5 Å². The molecule has 0 aromatic carbocycles. The van der Waals surface area contributed by atoms with E-state index in [0.29, 0.717) is 0 Å². The molecule has 2 atom stereocenters. The van der Waals surface area contributed by atoms with E-state index in [1.165, 1.54) is 0 Å². The third kappa shape index (κ3) is 3.20. The largest absolute Gasteiger partial charge is 0.442 e.